The normalized spacial score (nSPS) is 11.0. The molecule has 2 aromatic heterocycles. The van der Waals surface area contributed by atoms with Crippen molar-refractivity contribution in [3.05, 3.63) is 65.6 Å². The number of para-hydroxylation sites is 1. The molecule has 25 heavy (non-hydrogen) atoms. The molecule has 0 saturated carbocycles. The van der Waals surface area contributed by atoms with E-state index in [-0.39, 0.29) is 11.6 Å². The zero-order valence-corrected chi connectivity index (χ0v) is 13.5. The first-order valence-electron chi connectivity index (χ1n) is 7.32. The fourth-order valence-electron chi connectivity index (χ4n) is 2.49. The molecule has 0 aliphatic heterocycles. The monoisotopic (exact) mass is 355 g/mol. The van der Waals surface area contributed by atoms with Crippen molar-refractivity contribution in [2.75, 3.05) is 5.73 Å². The molecule has 0 aliphatic rings. The average Bonchev–Trinajstić information content (AvgIpc) is 3.22. The Kier molecular flexibility index (Phi) is 3.70. The van der Waals surface area contributed by atoms with Gasteiger partial charge in [-0.05, 0) is 46.7 Å². The second-order valence-electron chi connectivity index (χ2n) is 5.28. The van der Waals surface area contributed by atoms with Crippen molar-refractivity contribution in [1.82, 2.24) is 19.9 Å². The van der Waals surface area contributed by atoms with Gasteiger partial charge in [0.25, 0.3) is 0 Å². The van der Waals surface area contributed by atoms with E-state index in [9.17, 15) is 4.39 Å². The van der Waals surface area contributed by atoms with Gasteiger partial charge in [-0.2, -0.15) is 0 Å². The second-order valence-corrected chi connectivity index (χ2v) is 5.68. The van der Waals surface area contributed by atoms with Crippen LogP contribution >= 0.6 is 11.6 Å². The predicted molar refractivity (Wildman–Crippen MR) is 91.7 cm³/mol. The Morgan fingerprint density at radius 1 is 1.04 bits per heavy atom. The van der Waals surface area contributed by atoms with Crippen LogP contribution in [-0.2, 0) is 0 Å². The van der Waals surface area contributed by atoms with Crippen molar-refractivity contribution in [3.63, 3.8) is 0 Å². The lowest BCUT2D eigenvalue weighted by molar-refractivity contribution is 0.310. The number of hydrogen-bond acceptors (Lipinski definition) is 5. The molecule has 0 radical (unpaired) electrons. The van der Waals surface area contributed by atoms with Crippen molar-refractivity contribution in [2.24, 2.45) is 0 Å². The van der Waals surface area contributed by atoms with Crippen LogP contribution in [0.1, 0.15) is 0 Å². The van der Waals surface area contributed by atoms with Gasteiger partial charge in [-0.15, -0.1) is 0 Å². The Hall–Kier alpha value is -3.19. The lowest BCUT2D eigenvalue weighted by Crippen LogP contribution is -1.99. The number of imidazole rings is 1. The molecule has 8 heteroatoms. The molecule has 0 fully saturated rings. The first kappa shape index (κ1) is 15.3. The van der Waals surface area contributed by atoms with Crippen LogP contribution in [0.2, 0.25) is 5.02 Å². The number of rotatable bonds is 3. The van der Waals surface area contributed by atoms with Crippen molar-refractivity contribution in [1.29, 1.82) is 0 Å². The van der Waals surface area contributed by atoms with Gasteiger partial charge in [0, 0.05) is 11.8 Å². The van der Waals surface area contributed by atoms with Crippen molar-refractivity contribution in [3.8, 4) is 28.5 Å². The summed E-state index contributed by atoms with van der Waals surface area (Å²) in [6, 6.07) is 13.3. The number of halogens is 2. The number of nitrogens with zero attached hydrogens (tertiary/aromatic N) is 4. The lowest BCUT2D eigenvalue weighted by Gasteiger charge is -2.07. The van der Waals surface area contributed by atoms with E-state index in [0.29, 0.717) is 27.9 Å². The quantitative estimate of drug-likeness (QED) is 0.601. The van der Waals surface area contributed by atoms with E-state index >= 15 is 0 Å². The van der Waals surface area contributed by atoms with Crippen LogP contribution in [-0.4, -0.2) is 19.9 Å². The summed E-state index contributed by atoms with van der Waals surface area (Å²) in [6.45, 7) is 0. The van der Waals surface area contributed by atoms with Crippen LogP contribution in [0.25, 0.3) is 28.5 Å². The SMILES string of the molecule is Nc1nonc1-c1nc(-c2ccc(F)cc2)cn1-c1ccccc1Cl. The highest BCUT2D eigenvalue weighted by Gasteiger charge is 2.20. The molecule has 0 aliphatic carbocycles. The summed E-state index contributed by atoms with van der Waals surface area (Å²) in [6.07, 6.45) is 1.78. The van der Waals surface area contributed by atoms with Crippen LogP contribution < -0.4 is 5.73 Å². The fourth-order valence-corrected chi connectivity index (χ4v) is 2.72. The van der Waals surface area contributed by atoms with E-state index in [1.807, 2.05) is 18.2 Å². The topological polar surface area (TPSA) is 82.8 Å². The first-order chi connectivity index (χ1) is 12.1. The third kappa shape index (κ3) is 2.74. The summed E-state index contributed by atoms with van der Waals surface area (Å²) in [5.74, 6) is 0.218. The third-order valence-electron chi connectivity index (χ3n) is 3.68. The molecule has 0 amide bonds. The summed E-state index contributed by atoms with van der Waals surface area (Å²) < 4.78 is 19.6. The van der Waals surface area contributed by atoms with Gasteiger partial charge in [-0.25, -0.2) is 14.0 Å². The van der Waals surface area contributed by atoms with Gasteiger partial charge >= 0.3 is 0 Å². The van der Waals surface area contributed by atoms with Gasteiger partial charge in [-0.3, -0.25) is 4.57 Å². The molecule has 0 unspecified atom stereocenters. The molecule has 2 aromatic carbocycles. The van der Waals surface area contributed by atoms with Gasteiger partial charge in [-0.1, -0.05) is 23.7 Å². The highest BCUT2D eigenvalue weighted by molar-refractivity contribution is 6.32. The minimum absolute atomic E-state index is 0.115. The van der Waals surface area contributed by atoms with Crippen molar-refractivity contribution < 1.29 is 9.02 Å². The number of nitrogens with two attached hydrogens (primary N) is 1. The Bertz CT molecular complexity index is 1040. The second kappa shape index (κ2) is 6.03. The molecular formula is C17H11ClFN5O. The average molecular weight is 356 g/mol. The van der Waals surface area contributed by atoms with Crippen molar-refractivity contribution in [2.45, 2.75) is 0 Å². The van der Waals surface area contributed by atoms with E-state index in [0.717, 1.165) is 5.56 Å². The summed E-state index contributed by atoms with van der Waals surface area (Å²) in [7, 11) is 0. The Morgan fingerprint density at radius 3 is 2.48 bits per heavy atom. The lowest BCUT2D eigenvalue weighted by atomic mass is 10.2. The Labute approximate surface area is 146 Å². The maximum Gasteiger partial charge on any atom is 0.199 e. The van der Waals surface area contributed by atoms with E-state index in [2.05, 4.69) is 15.3 Å². The zero-order chi connectivity index (χ0) is 17.4. The minimum atomic E-state index is -0.320. The zero-order valence-electron chi connectivity index (χ0n) is 12.7. The summed E-state index contributed by atoms with van der Waals surface area (Å²) in [5.41, 5.74) is 8.17. The molecule has 0 atom stereocenters. The van der Waals surface area contributed by atoms with Crippen LogP contribution in [0.3, 0.4) is 0 Å². The van der Waals surface area contributed by atoms with E-state index in [1.165, 1.54) is 12.1 Å². The standard InChI is InChI=1S/C17H11ClFN5O/c18-12-3-1-2-4-14(12)24-9-13(10-5-7-11(19)8-6-10)21-17(24)15-16(20)23-25-22-15/h1-9H,(H2,20,23). The summed E-state index contributed by atoms with van der Waals surface area (Å²) in [5, 5.41) is 7.95. The van der Waals surface area contributed by atoms with Gasteiger partial charge < -0.3 is 5.73 Å². The number of hydrogen-bond donors (Lipinski definition) is 1. The van der Waals surface area contributed by atoms with Gasteiger partial charge in [0.15, 0.2) is 17.3 Å². The number of anilines is 1. The summed E-state index contributed by atoms with van der Waals surface area (Å²) in [4.78, 5) is 4.57. The molecule has 2 N–H and O–H groups in total. The van der Waals surface area contributed by atoms with Crippen LogP contribution in [0.5, 0.6) is 0 Å². The summed E-state index contributed by atoms with van der Waals surface area (Å²) >= 11 is 6.32. The van der Waals surface area contributed by atoms with Gasteiger partial charge in [0.1, 0.15) is 5.82 Å². The van der Waals surface area contributed by atoms with Crippen molar-refractivity contribution >= 4 is 17.4 Å². The molecule has 0 saturated heterocycles. The molecule has 0 bridgehead atoms. The fraction of sp³-hybridized carbons (Fsp3) is 0. The van der Waals surface area contributed by atoms with E-state index < -0.39 is 0 Å². The third-order valence-corrected chi connectivity index (χ3v) is 4.00. The van der Waals surface area contributed by atoms with Gasteiger partial charge in [0.2, 0.25) is 0 Å². The smallest absolute Gasteiger partial charge is 0.199 e. The highest BCUT2D eigenvalue weighted by Crippen LogP contribution is 2.31. The van der Waals surface area contributed by atoms with Crippen LogP contribution in [0.4, 0.5) is 10.2 Å². The Morgan fingerprint density at radius 2 is 1.80 bits per heavy atom. The largest absolute Gasteiger partial charge is 0.379 e. The molecular weight excluding hydrogens is 345 g/mol. The van der Waals surface area contributed by atoms with E-state index in [4.69, 9.17) is 22.0 Å². The Balaban J connectivity index is 1.94. The number of nitrogen functional groups attached to an aromatic ring is 1. The molecule has 2 heterocycles. The maximum atomic E-state index is 13.2. The number of benzene rings is 2. The van der Waals surface area contributed by atoms with Crippen LogP contribution in [0.15, 0.2) is 59.4 Å². The minimum Gasteiger partial charge on any atom is -0.379 e. The van der Waals surface area contributed by atoms with Gasteiger partial charge in [0.05, 0.1) is 16.4 Å². The number of aromatic nitrogens is 4. The molecule has 124 valence electrons. The molecule has 4 aromatic rings. The maximum absolute atomic E-state index is 13.2. The molecule has 0 spiro atoms. The first-order valence-corrected chi connectivity index (χ1v) is 7.70. The molecule has 6 nitrogen and oxygen atoms in total. The predicted octanol–water partition coefficient (Wildman–Crippen LogP) is 3.96. The molecule has 4 rings (SSSR count). The van der Waals surface area contributed by atoms with Crippen LogP contribution in [0, 0.1) is 5.82 Å². The van der Waals surface area contributed by atoms with E-state index in [1.54, 1.807) is 29.0 Å². The highest BCUT2D eigenvalue weighted by atomic mass is 35.5.